The van der Waals surface area contributed by atoms with Gasteiger partial charge in [0, 0.05) is 57.3 Å². The fraction of sp³-hybridized carbons (Fsp3) is 0.571. The topological polar surface area (TPSA) is 48.9 Å². The normalized spacial score (nSPS) is 20.1. The number of rotatable bonds is 1. The molecule has 6 heteroatoms. The van der Waals surface area contributed by atoms with Crippen LogP contribution in [0.3, 0.4) is 0 Å². The highest BCUT2D eigenvalue weighted by atomic mass is 16.5. The highest BCUT2D eigenvalue weighted by Crippen LogP contribution is 2.15. The van der Waals surface area contributed by atoms with Crippen molar-refractivity contribution >= 4 is 11.7 Å². The molecular formula is C14H20N4O2. The minimum absolute atomic E-state index is 0.155. The Balaban J connectivity index is 1.54. The van der Waals surface area contributed by atoms with Gasteiger partial charge in [-0.1, -0.05) is 0 Å². The lowest BCUT2D eigenvalue weighted by Crippen LogP contribution is -2.54. The molecule has 0 aromatic carbocycles. The summed E-state index contributed by atoms with van der Waals surface area (Å²) in [5.74, 6) is 0. The zero-order valence-corrected chi connectivity index (χ0v) is 11.6. The van der Waals surface area contributed by atoms with Crippen molar-refractivity contribution < 1.29 is 9.53 Å². The van der Waals surface area contributed by atoms with Crippen molar-refractivity contribution in [3.63, 3.8) is 0 Å². The van der Waals surface area contributed by atoms with E-state index in [9.17, 15) is 4.79 Å². The molecule has 0 bridgehead atoms. The second-order valence-electron chi connectivity index (χ2n) is 5.06. The second-order valence-corrected chi connectivity index (χ2v) is 5.06. The number of nitrogens with zero attached hydrogens (tertiary/aromatic N) is 4. The molecule has 20 heavy (non-hydrogen) atoms. The largest absolute Gasteiger partial charge is 0.378 e. The molecule has 2 fully saturated rings. The van der Waals surface area contributed by atoms with Crippen LogP contribution in [0.2, 0.25) is 0 Å². The monoisotopic (exact) mass is 276 g/mol. The number of anilines is 1. The molecular weight excluding hydrogens is 256 g/mol. The smallest absolute Gasteiger partial charge is 0.320 e. The predicted molar refractivity (Wildman–Crippen MR) is 75.8 cm³/mol. The minimum atomic E-state index is 0.155. The van der Waals surface area contributed by atoms with E-state index in [2.05, 4.69) is 9.88 Å². The first kappa shape index (κ1) is 13.2. The van der Waals surface area contributed by atoms with Crippen LogP contribution in [0, 0.1) is 0 Å². The average molecular weight is 276 g/mol. The maximum atomic E-state index is 12.4. The van der Waals surface area contributed by atoms with E-state index in [1.54, 1.807) is 12.4 Å². The number of carbonyl (C=O) groups is 1. The Bertz CT molecular complexity index is 440. The van der Waals surface area contributed by atoms with Gasteiger partial charge in [-0.15, -0.1) is 0 Å². The molecule has 0 unspecified atom stereocenters. The Labute approximate surface area is 118 Å². The van der Waals surface area contributed by atoms with Gasteiger partial charge in [0.1, 0.15) is 0 Å². The van der Waals surface area contributed by atoms with Crippen LogP contribution in [0.4, 0.5) is 10.5 Å². The number of morpholine rings is 1. The van der Waals surface area contributed by atoms with Gasteiger partial charge in [0.2, 0.25) is 0 Å². The van der Waals surface area contributed by atoms with E-state index < -0.39 is 0 Å². The summed E-state index contributed by atoms with van der Waals surface area (Å²) in [6, 6.07) is 4.18. The van der Waals surface area contributed by atoms with Crippen molar-refractivity contribution in [2.24, 2.45) is 0 Å². The first-order valence-corrected chi connectivity index (χ1v) is 7.11. The molecule has 0 spiro atoms. The highest BCUT2D eigenvalue weighted by Gasteiger charge is 2.26. The van der Waals surface area contributed by atoms with Crippen LogP contribution in [-0.4, -0.2) is 73.3 Å². The van der Waals surface area contributed by atoms with E-state index in [4.69, 9.17) is 4.74 Å². The number of carbonyl (C=O) groups excluding carboxylic acids is 1. The van der Waals surface area contributed by atoms with Crippen molar-refractivity contribution in [2.45, 2.75) is 0 Å². The molecule has 6 nitrogen and oxygen atoms in total. The Morgan fingerprint density at radius 1 is 0.950 bits per heavy atom. The molecule has 2 saturated heterocycles. The summed E-state index contributed by atoms with van der Waals surface area (Å²) in [6.45, 7) is 6.04. The molecule has 2 amide bonds. The quantitative estimate of drug-likeness (QED) is 0.756. The number of aromatic nitrogens is 1. The van der Waals surface area contributed by atoms with Crippen LogP contribution in [0.5, 0.6) is 0 Å². The van der Waals surface area contributed by atoms with E-state index >= 15 is 0 Å². The molecule has 0 N–H and O–H groups in total. The van der Waals surface area contributed by atoms with Crippen LogP contribution in [-0.2, 0) is 4.74 Å². The third kappa shape index (κ3) is 2.85. The van der Waals surface area contributed by atoms with Crippen molar-refractivity contribution in [3.05, 3.63) is 24.5 Å². The second kappa shape index (κ2) is 6.09. The van der Waals surface area contributed by atoms with Gasteiger partial charge in [0.05, 0.1) is 13.2 Å². The zero-order chi connectivity index (χ0) is 13.8. The number of urea groups is 1. The van der Waals surface area contributed by atoms with Gasteiger partial charge in [-0.3, -0.25) is 4.98 Å². The Morgan fingerprint density at radius 2 is 1.55 bits per heavy atom. The van der Waals surface area contributed by atoms with Crippen LogP contribution in [0.15, 0.2) is 24.5 Å². The van der Waals surface area contributed by atoms with Gasteiger partial charge < -0.3 is 19.4 Å². The molecule has 3 rings (SSSR count). The Hall–Kier alpha value is -1.82. The molecule has 108 valence electrons. The van der Waals surface area contributed by atoms with E-state index in [1.807, 2.05) is 21.9 Å². The fourth-order valence-corrected chi connectivity index (χ4v) is 2.67. The van der Waals surface area contributed by atoms with Crippen molar-refractivity contribution in [3.8, 4) is 0 Å². The molecule has 3 heterocycles. The van der Waals surface area contributed by atoms with Crippen molar-refractivity contribution in [1.82, 2.24) is 14.8 Å². The summed E-state index contributed by atoms with van der Waals surface area (Å²) in [6.07, 6.45) is 3.61. The van der Waals surface area contributed by atoms with E-state index in [0.717, 1.165) is 26.2 Å². The lowest BCUT2D eigenvalue weighted by Gasteiger charge is -2.39. The number of hydrogen-bond acceptors (Lipinski definition) is 4. The number of piperazine rings is 1. The fourth-order valence-electron chi connectivity index (χ4n) is 2.67. The van der Waals surface area contributed by atoms with Gasteiger partial charge in [-0.2, -0.15) is 0 Å². The van der Waals surface area contributed by atoms with E-state index in [0.29, 0.717) is 26.3 Å². The van der Waals surface area contributed by atoms with E-state index in [-0.39, 0.29) is 6.03 Å². The molecule has 0 saturated carbocycles. The summed E-state index contributed by atoms with van der Waals surface area (Å²) in [4.78, 5) is 22.5. The lowest BCUT2D eigenvalue weighted by atomic mass is 10.2. The molecule has 0 atom stereocenters. The average Bonchev–Trinajstić information content (AvgIpc) is 2.56. The minimum Gasteiger partial charge on any atom is -0.378 e. The molecule has 1 aromatic heterocycles. The van der Waals surface area contributed by atoms with Crippen molar-refractivity contribution in [2.75, 3.05) is 57.4 Å². The summed E-state index contributed by atoms with van der Waals surface area (Å²) >= 11 is 0. The lowest BCUT2D eigenvalue weighted by molar-refractivity contribution is 0.0428. The molecule has 0 aliphatic carbocycles. The number of pyridine rings is 1. The van der Waals surface area contributed by atoms with Crippen LogP contribution < -0.4 is 4.90 Å². The SMILES string of the molecule is O=C(N1CCOCC1)N1CCN(c2ccncc2)CC1. The number of ether oxygens (including phenoxy) is 1. The van der Waals surface area contributed by atoms with Gasteiger partial charge in [0.25, 0.3) is 0 Å². The standard InChI is InChI=1S/C14H20N4O2/c19-14(18-9-11-20-12-10-18)17-7-5-16(6-8-17)13-1-3-15-4-2-13/h1-4H,5-12H2. The first-order chi connectivity index (χ1) is 9.84. The molecule has 0 radical (unpaired) electrons. The Morgan fingerprint density at radius 3 is 2.20 bits per heavy atom. The number of hydrogen-bond donors (Lipinski definition) is 0. The summed E-state index contributed by atoms with van der Waals surface area (Å²) < 4.78 is 5.29. The molecule has 2 aliphatic rings. The van der Waals surface area contributed by atoms with Gasteiger partial charge >= 0.3 is 6.03 Å². The van der Waals surface area contributed by atoms with Crippen LogP contribution in [0.1, 0.15) is 0 Å². The highest BCUT2D eigenvalue weighted by molar-refractivity contribution is 5.75. The first-order valence-electron chi connectivity index (χ1n) is 7.11. The Kier molecular flexibility index (Phi) is 4.01. The summed E-state index contributed by atoms with van der Waals surface area (Å²) in [5.41, 5.74) is 1.18. The van der Waals surface area contributed by atoms with E-state index in [1.165, 1.54) is 5.69 Å². The van der Waals surface area contributed by atoms with Gasteiger partial charge in [-0.25, -0.2) is 4.79 Å². The maximum Gasteiger partial charge on any atom is 0.320 e. The zero-order valence-electron chi connectivity index (χ0n) is 11.6. The number of amides is 2. The maximum absolute atomic E-state index is 12.4. The third-order valence-electron chi connectivity index (χ3n) is 3.86. The summed E-state index contributed by atoms with van der Waals surface area (Å²) in [5, 5.41) is 0. The van der Waals surface area contributed by atoms with Gasteiger partial charge in [-0.05, 0) is 12.1 Å². The van der Waals surface area contributed by atoms with Gasteiger partial charge in [0.15, 0.2) is 0 Å². The third-order valence-corrected chi connectivity index (χ3v) is 3.86. The molecule has 1 aromatic rings. The van der Waals surface area contributed by atoms with Crippen LogP contribution >= 0.6 is 0 Å². The van der Waals surface area contributed by atoms with Crippen LogP contribution in [0.25, 0.3) is 0 Å². The predicted octanol–water partition coefficient (Wildman–Crippen LogP) is 0.656. The van der Waals surface area contributed by atoms with Crippen molar-refractivity contribution in [1.29, 1.82) is 0 Å². The molecule has 2 aliphatic heterocycles. The summed E-state index contributed by atoms with van der Waals surface area (Å²) in [7, 11) is 0.